The number of Topliss-reactive ketones (excluding diaryl/α,β-unsaturated/α-hetero) is 1. The third-order valence-electron chi connectivity index (χ3n) is 10.0. The minimum Gasteiger partial charge on any atom is -0.364 e. The average Bonchev–Trinajstić information content (AvgIpc) is 2.87. The summed E-state index contributed by atoms with van der Waals surface area (Å²) in [5.41, 5.74) is 1.55. The molecular formula is C26H35NO2. The number of fused-ring (bicyclic) bond motifs is 5. The molecule has 8 atom stereocenters. The van der Waals surface area contributed by atoms with Crippen LogP contribution in [0.3, 0.4) is 0 Å². The van der Waals surface area contributed by atoms with Crippen LogP contribution < -0.4 is 5.32 Å². The molecule has 4 fully saturated rings. The standard InChI is InChI=1S/C26H35NO2/c1-25-13-11-20-18(19(25)9-7-17(25)16-28)8-10-21-24(22-6-4-3-5-15-27-22)23(29)12-14-26(20,21)2/h3-6,15-21,24,27H,7-14H2,1-2H3. The smallest absolute Gasteiger partial charge is 0.142 e. The second kappa shape index (κ2) is 6.96. The van der Waals surface area contributed by atoms with Crippen molar-refractivity contribution in [3.63, 3.8) is 0 Å². The lowest BCUT2D eigenvalue weighted by Gasteiger charge is -2.61. The van der Waals surface area contributed by atoms with E-state index in [9.17, 15) is 9.59 Å². The highest BCUT2D eigenvalue weighted by molar-refractivity contribution is 5.85. The van der Waals surface area contributed by atoms with Gasteiger partial charge in [0, 0.05) is 24.2 Å². The summed E-state index contributed by atoms with van der Waals surface area (Å²) in [6, 6.07) is 0. The van der Waals surface area contributed by atoms with E-state index < -0.39 is 0 Å². The van der Waals surface area contributed by atoms with E-state index in [-0.39, 0.29) is 22.7 Å². The molecule has 0 aromatic heterocycles. The fourth-order valence-corrected chi connectivity index (χ4v) is 8.50. The first kappa shape index (κ1) is 19.3. The number of hydrogen-bond acceptors (Lipinski definition) is 3. The van der Waals surface area contributed by atoms with Crippen molar-refractivity contribution >= 4 is 12.1 Å². The number of carbonyl (C=O) groups excluding carboxylic acids is 2. The first-order valence-electron chi connectivity index (χ1n) is 11.8. The maximum atomic E-state index is 13.1. The topological polar surface area (TPSA) is 46.2 Å². The molecule has 0 aromatic rings. The van der Waals surface area contributed by atoms with E-state index in [2.05, 4.69) is 31.3 Å². The zero-order valence-electron chi connectivity index (χ0n) is 17.9. The lowest BCUT2D eigenvalue weighted by molar-refractivity contribution is -0.149. The highest BCUT2D eigenvalue weighted by Crippen LogP contribution is 2.67. The fraction of sp³-hybridized carbons (Fsp3) is 0.692. The monoisotopic (exact) mass is 393 g/mol. The number of ketones is 1. The number of hydrogen-bond donors (Lipinski definition) is 1. The number of aldehydes is 1. The lowest BCUT2D eigenvalue weighted by atomic mass is 9.43. The van der Waals surface area contributed by atoms with Crippen molar-refractivity contribution in [3.05, 3.63) is 36.2 Å². The highest BCUT2D eigenvalue weighted by atomic mass is 16.1. The van der Waals surface area contributed by atoms with Crippen molar-refractivity contribution in [1.29, 1.82) is 0 Å². The van der Waals surface area contributed by atoms with Crippen LogP contribution in [-0.2, 0) is 9.59 Å². The molecule has 1 heterocycles. The molecule has 0 saturated heterocycles. The van der Waals surface area contributed by atoms with E-state index >= 15 is 0 Å². The summed E-state index contributed by atoms with van der Waals surface area (Å²) >= 11 is 0. The summed E-state index contributed by atoms with van der Waals surface area (Å²) in [6.07, 6.45) is 20.3. The Morgan fingerprint density at radius 2 is 1.72 bits per heavy atom. The summed E-state index contributed by atoms with van der Waals surface area (Å²) in [5, 5.41) is 3.42. The maximum Gasteiger partial charge on any atom is 0.142 e. The van der Waals surface area contributed by atoms with Crippen LogP contribution in [0.2, 0.25) is 0 Å². The second-order valence-electron chi connectivity index (χ2n) is 10.9. The van der Waals surface area contributed by atoms with Gasteiger partial charge in [0.1, 0.15) is 12.1 Å². The Hall–Kier alpha value is -1.64. The lowest BCUT2D eigenvalue weighted by Crippen LogP contribution is -2.56. The SMILES string of the molecule is CC12CCC3C(CCC4C(C5=CC=CC=CN5)C(=O)CCC43C)C1CCC2C=O. The van der Waals surface area contributed by atoms with Crippen molar-refractivity contribution in [2.75, 3.05) is 0 Å². The van der Waals surface area contributed by atoms with Crippen LogP contribution in [-0.4, -0.2) is 12.1 Å². The van der Waals surface area contributed by atoms with E-state index in [1.54, 1.807) is 0 Å². The predicted molar refractivity (Wildman–Crippen MR) is 115 cm³/mol. The normalized spacial score (nSPS) is 48.6. The Labute approximate surface area is 175 Å². The van der Waals surface area contributed by atoms with E-state index in [1.165, 1.54) is 32.0 Å². The van der Waals surface area contributed by atoms with Crippen LogP contribution in [0, 0.1) is 46.3 Å². The van der Waals surface area contributed by atoms with Gasteiger partial charge in [0.25, 0.3) is 0 Å². The molecule has 5 aliphatic rings. The number of allylic oxidation sites excluding steroid dienone is 5. The van der Waals surface area contributed by atoms with Crippen LogP contribution in [0.15, 0.2) is 36.2 Å². The fourth-order valence-electron chi connectivity index (χ4n) is 8.50. The summed E-state index contributed by atoms with van der Waals surface area (Å²) in [6.45, 7) is 4.91. The zero-order chi connectivity index (χ0) is 20.2. The molecule has 5 rings (SSSR count). The molecule has 3 heteroatoms. The van der Waals surface area contributed by atoms with Gasteiger partial charge in [-0.05, 0) is 91.6 Å². The highest BCUT2D eigenvalue weighted by Gasteiger charge is 2.61. The molecule has 0 bridgehead atoms. The minimum absolute atomic E-state index is 0.0155. The summed E-state index contributed by atoms with van der Waals surface area (Å²) < 4.78 is 0. The first-order chi connectivity index (χ1) is 14.0. The molecule has 1 aliphatic heterocycles. The molecule has 29 heavy (non-hydrogen) atoms. The van der Waals surface area contributed by atoms with Gasteiger partial charge >= 0.3 is 0 Å². The molecule has 3 nitrogen and oxygen atoms in total. The van der Waals surface area contributed by atoms with Gasteiger partial charge in [-0.3, -0.25) is 4.79 Å². The molecule has 4 saturated carbocycles. The predicted octanol–water partition coefficient (Wildman–Crippen LogP) is 5.20. The Morgan fingerprint density at radius 1 is 0.931 bits per heavy atom. The molecule has 0 spiro atoms. The van der Waals surface area contributed by atoms with Gasteiger partial charge in [-0.2, -0.15) is 0 Å². The zero-order valence-corrected chi connectivity index (χ0v) is 17.9. The van der Waals surface area contributed by atoms with Gasteiger partial charge in [-0.25, -0.2) is 0 Å². The van der Waals surface area contributed by atoms with Crippen molar-refractivity contribution in [1.82, 2.24) is 5.32 Å². The van der Waals surface area contributed by atoms with Crippen LogP contribution in [0.25, 0.3) is 0 Å². The van der Waals surface area contributed by atoms with Crippen LogP contribution in [0.5, 0.6) is 0 Å². The summed E-state index contributed by atoms with van der Waals surface area (Å²) in [4.78, 5) is 24.8. The van der Waals surface area contributed by atoms with Gasteiger partial charge < -0.3 is 10.1 Å². The van der Waals surface area contributed by atoms with Crippen molar-refractivity contribution in [2.45, 2.75) is 65.2 Å². The van der Waals surface area contributed by atoms with Gasteiger partial charge in [0.2, 0.25) is 0 Å². The summed E-state index contributed by atoms with van der Waals surface area (Å²) in [7, 11) is 0. The van der Waals surface area contributed by atoms with Crippen LogP contribution >= 0.6 is 0 Å². The maximum absolute atomic E-state index is 13.1. The van der Waals surface area contributed by atoms with Crippen LogP contribution in [0.4, 0.5) is 0 Å². The molecule has 1 N–H and O–H groups in total. The third-order valence-corrected chi connectivity index (χ3v) is 10.0. The second-order valence-corrected chi connectivity index (χ2v) is 10.9. The van der Waals surface area contributed by atoms with E-state index in [1.807, 2.05) is 18.4 Å². The van der Waals surface area contributed by atoms with E-state index in [0.717, 1.165) is 30.9 Å². The van der Waals surface area contributed by atoms with Gasteiger partial charge in [0.05, 0.1) is 5.92 Å². The average molecular weight is 394 g/mol. The molecule has 4 aliphatic carbocycles. The van der Waals surface area contributed by atoms with E-state index in [4.69, 9.17) is 0 Å². The van der Waals surface area contributed by atoms with Crippen molar-refractivity contribution in [2.24, 2.45) is 46.3 Å². The molecule has 0 radical (unpaired) electrons. The minimum atomic E-state index is 0.0155. The molecule has 156 valence electrons. The third kappa shape index (κ3) is 2.75. The Kier molecular flexibility index (Phi) is 4.64. The number of carbonyl (C=O) groups is 2. The van der Waals surface area contributed by atoms with E-state index in [0.29, 0.717) is 30.0 Å². The molecular weight excluding hydrogens is 358 g/mol. The van der Waals surface area contributed by atoms with Crippen molar-refractivity contribution in [3.8, 4) is 0 Å². The van der Waals surface area contributed by atoms with Gasteiger partial charge in [0.15, 0.2) is 0 Å². The Bertz CT molecular complexity index is 795. The van der Waals surface area contributed by atoms with Gasteiger partial charge in [-0.15, -0.1) is 0 Å². The Balaban J connectivity index is 1.46. The summed E-state index contributed by atoms with van der Waals surface area (Å²) in [5.74, 6) is 3.29. The van der Waals surface area contributed by atoms with Crippen molar-refractivity contribution < 1.29 is 9.59 Å². The molecule has 8 unspecified atom stereocenters. The number of rotatable bonds is 2. The first-order valence-corrected chi connectivity index (χ1v) is 11.8. The largest absolute Gasteiger partial charge is 0.364 e. The number of nitrogens with one attached hydrogen (secondary N) is 1. The molecule has 0 aromatic carbocycles. The quantitative estimate of drug-likeness (QED) is 0.656. The Morgan fingerprint density at radius 3 is 2.55 bits per heavy atom. The molecule has 0 amide bonds. The van der Waals surface area contributed by atoms with Crippen LogP contribution in [0.1, 0.15) is 65.2 Å². The van der Waals surface area contributed by atoms with Gasteiger partial charge in [-0.1, -0.05) is 26.0 Å².